The van der Waals surface area contributed by atoms with Gasteiger partial charge in [0.1, 0.15) is 6.29 Å². The van der Waals surface area contributed by atoms with Crippen molar-refractivity contribution in [2.75, 3.05) is 13.1 Å². The average molecular weight is 139 g/mol. The molecule has 3 nitrogen and oxygen atoms in total. The summed E-state index contributed by atoms with van der Waals surface area (Å²) in [6, 6.07) is 0. The lowest BCUT2D eigenvalue weighted by Crippen LogP contribution is -2.29. The van der Waals surface area contributed by atoms with Gasteiger partial charge in [-0.1, -0.05) is 0 Å². The third-order valence-corrected chi connectivity index (χ3v) is 2.30. The van der Waals surface area contributed by atoms with Crippen LogP contribution in [0.1, 0.15) is 6.42 Å². The fourth-order valence-electron chi connectivity index (χ4n) is 1.61. The molecule has 2 aliphatic rings. The molecule has 0 aromatic heterocycles. The molecule has 1 aliphatic heterocycles. The first-order valence-electron chi connectivity index (χ1n) is 3.55. The zero-order valence-electron chi connectivity index (χ0n) is 5.62. The zero-order valence-corrected chi connectivity index (χ0v) is 5.62. The normalized spacial score (nSPS) is 36.0. The highest BCUT2D eigenvalue weighted by atomic mass is 16.2. The Labute approximate surface area is 59.0 Å². The van der Waals surface area contributed by atoms with Crippen LogP contribution in [0.4, 0.5) is 0 Å². The highest BCUT2D eigenvalue weighted by molar-refractivity contribution is 5.86. The van der Waals surface area contributed by atoms with Crippen LogP contribution in [0.3, 0.4) is 0 Å². The lowest BCUT2D eigenvalue weighted by atomic mass is 10.4. The van der Waals surface area contributed by atoms with Gasteiger partial charge in [0.25, 0.3) is 0 Å². The van der Waals surface area contributed by atoms with Gasteiger partial charge in [0.05, 0.1) is 6.54 Å². The summed E-state index contributed by atoms with van der Waals surface area (Å²) in [5.74, 6) is 1.07. The molecule has 2 rings (SSSR count). The van der Waals surface area contributed by atoms with Gasteiger partial charge in [0.15, 0.2) is 0 Å². The van der Waals surface area contributed by atoms with Gasteiger partial charge in [0, 0.05) is 12.5 Å². The number of fused-ring (bicyclic) bond motifs is 1. The van der Waals surface area contributed by atoms with Crippen molar-refractivity contribution in [3.05, 3.63) is 0 Å². The average Bonchev–Trinajstić information content (AvgIpc) is 2.60. The third kappa shape index (κ3) is 0.664. The smallest absolute Gasteiger partial charge is 0.226 e. The fourth-order valence-corrected chi connectivity index (χ4v) is 1.61. The zero-order chi connectivity index (χ0) is 7.14. The lowest BCUT2D eigenvalue weighted by Gasteiger charge is -2.13. The van der Waals surface area contributed by atoms with Gasteiger partial charge < -0.3 is 9.69 Å². The van der Waals surface area contributed by atoms with E-state index in [1.165, 1.54) is 0 Å². The second kappa shape index (κ2) is 1.81. The monoisotopic (exact) mass is 139 g/mol. The van der Waals surface area contributed by atoms with Crippen LogP contribution in [-0.4, -0.2) is 30.2 Å². The Kier molecular flexibility index (Phi) is 1.07. The van der Waals surface area contributed by atoms with Gasteiger partial charge in [-0.25, -0.2) is 0 Å². The third-order valence-electron chi connectivity index (χ3n) is 2.30. The highest BCUT2D eigenvalue weighted by Gasteiger charge is 2.51. The van der Waals surface area contributed by atoms with Crippen LogP contribution >= 0.6 is 0 Å². The Morgan fingerprint density at radius 2 is 2.50 bits per heavy atom. The number of aldehydes is 1. The molecule has 2 fully saturated rings. The summed E-state index contributed by atoms with van der Waals surface area (Å²) in [6.45, 7) is 1.12. The number of hydrogen-bond donors (Lipinski definition) is 0. The molecule has 1 heterocycles. The number of piperidine rings is 1. The molecule has 0 bridgehead atoms. The van der Waals surface area contributed by atoms with Gasteiger partial charge in [-0.3, -0.25) is 4.79 Å². The first kappa shape index (κ1) is 5.89. The Bertz CT molecular complexity index is 190. The maximum Gasteiger partial charge on any atom is 0.226 e. The Morgan fingerprint density at radius 3 is 3.00 bits per heavy atom. The van der Waals surface area contributed by atoms with E-state index >= 15 is 0 Å². The van der Waals surface area contributed by atoms with Crippen molar-refractivity contribution < 1.29 is 9.59 Å². The number of hydrogen-bond acceptors (Lipinski definition) is 2. The fraction of sp³-hybridized carbons (Fsp3) is 0.714. The van der Waals surface area contributed by atoms with E-state index in [2.05, 4.69) is 0 Å². The van der Waals surface area contributed by atoms with Crippen LogP contribution in [0, 0.1) is 11.8 Å². The quantitative estimate of drug-likeness (QED) is 0.491. The van der Waals surface area contributed by atoms with Crippen molar-refractivity contribution in [3.8, 4) is 0 Å². The predicted molar refractivity (Wildman–Crippen MR) is 34.2 cm³/mol. The van der Waals surface area contributed by atoms with Gasteiger partial charge >= 0.3 is 0 Å². The van der Waals surface area contributed by atoms with E-state index < -0.39 is 0 Å². The lowest BCUT2D eigenvalue weighted by molar-refractivity contribution is -0.131. The number of amides is 1. The number of rotatable bonds is 2. The van der Waals surface area contributed by atoms with E-state index in [0.29, 0.717) is 18.4 Å². The number of nitrogens with zero attached hydrogens (tertiary/aromatic N) is 1. The van der Waals surface area contributed by atoms with Gasteiger partial charge in [-0.15, -0.1) is 0 Å². The molecular formula is C7H9NO2. The molecule has 2 atom stereocenters. The standard InChI is InChI=1S/C7H9NO2/c9-2-1-8-4-5-3-6(5)7(8)10/h2,5-6H,1,3-4H2. The molecule has 0 N–H and O–H groups in total. The van der Waals surface area contributed by atoms with Crippen LogP contribution in [0.5, 0.6) is 0 Å². The molecule has 1 saturated heterocycles. The SMILES string of the molecule is O=CCN1CC2CC2C1=O. The number of carbonyl (C=O) groups excluding carboxylic acids is 2. The van der Waals surface area contributed by atoms with Crippen molar-refractivity contribution in [2.24, 2.45) is 11.8 Å². The maximum absolute atomic E-state index is 11.1. The Morgan fingerprint density at radius 1 is 1.70 bits per heavy atom. The van der Waals surface area contributed by atoms with E-state index in [1.807, 2.05) is 0 Å². The first-order valence-corrected chi connectivity index (χ1v) is 3.55. The number of carbonyl (C=O) groups is 2. The second-order valence-corrected chi connectivity index (χ2v) is 3.01. The van der Waals surface area contributed by atoms with Gasteiger partial charge in [-0.2, -0.15) is 0 Å². The molecular weight excluding hydrogens is 130 g/mol. The molecule has 10 heavy (non-hydrogen) atoms. The highest BCUT2D eigenvalue weighted by Crippen LogP contribution is 2.45. The molecule has 54 valence electrons. The van der Waals surface area contributed by atoms with Crippen molar-refractivity contribution >= 4 is 12.2 Å². The largest absolute Gasteiger partial charge is 0.335 e. The van der Waals surface area contributed by atoms with Crippen molar-refractivity contribution in [1.82, 2.24) is 4.90 Å². The summed E-state index contributed by atoms with van der Waals surface area (Å²) >= 11 is 0. The van der Waals surface area contributed by atoms with Crippen LogP contribution in [0.2, 0.25) is 0 Å². The van der Waals surface area contributed by atoms with Gasteiger partial charge in [-0.05, 0) is 12.3 Å². The summed E-state index contributed by atoms with van der Waals surface area (Å²) in [5, 5.41) is 0. The van der Waals surface area contributed by atoms with Gasteiger partial charge in [0.2, 0.25) is 5.91 Å². The second-order valence-electron chi connectivity index (χ2n) is 3.01. The van der Waals surface area contributed by atoms with Crippen molar-refractivity contribution in [3.63, 3.8) is 0 Å². The summed E-state index contributed by atoms with van der Waals surface area (Å²) in [4.78, 5) is 22.8. The Balaban J connectivity index is 2.00. The van der Waals surface area contributed by atoms with E-state index in [-0.39, 0.29) is 5.91 Å². The van der Waals surface area contributed by atoms with Crippen LogP contribution < -0.4 is 0 Å². The maximum atomic E-state index is 11.1. The molecule has 3 heteroatoms. The van der Waals surface area contributed by atoms with E-state index in [9.17, 15) is 9.59 Å². The minimum Gasteiger partial charge on any atom is -0.335 e. The van der Waals surface area contributed by atoms with Crippen LogP contribution in [-0.2, 0) is 9.59 Å². The minimum atomic E-state index is 0.192. The predicted octanol–water partition coefficient (Wildman–Crippen LogP) is -0.336. The van der Waals surface area contributed by atoms with Crippen LogP contribution in [0.15, 0.2) is 0 Å². The van der Waals surface area contributed by atoms with E-state index in [1.54, 1.807) is 4.90 Å². The minimum absolute atomic E-state index is 0.192. The molecule has 0 spiro atoms. The summed E-state index contributed by atoms with van der Waals surface area (Å²) in [5.41, 5.74) is 0. The van der Waals surface area contributed by atoms with Crippen LogP contribution in [0.25, 0.3) is 0 Å². The molecule has 1 aliphatic carbocycles. The molecule has 0 aromatic rings. The Hall–Kier alpha value is -0.860. The number of likely N-dealkylation sites (tertiary alicyclic amines) is 1. The summed E-state index contributed by atoms with van der Waals surface area (Å²) in [6.07, 6.45) is 1.86. The first-order chi connectivity index (χ1) is 4.83. The molecule has 0 aromatic carbocycles. The molecule has 0 radical (unpaired) electrons. The molecule has 1 saturated carbocycles. The summed E-state index contributed by atoms with van der Waals surface area (Å²) in [7, 11) is 0. The molecule has 1 amide bonds. The van der Waals surface area contributed by atoms with Crippen molar-refractivity contribution in [2.45, 2.75) is 6.42 Å². The van der Waals surface area contributed by atoms with E-state index in [0.717, 1.165) is 19.3 Å². The topological polar surface area (TPSA) is 37.4 Å². The van der Waals surface area contributed by atoms with E-state index in [4.69, 9.17) is 0 Å². The van der Waals surface area contributed by atoms with Crippen molar-refractivity contribution in [1.29, 1.82) is 0 Å². The molecule has 2 unspecified atom stereocenters. The summed E-state index contributed by atoms with van der Waals surface area (Å²) < 4.78 is 0.